The summed E-state index contributed by atoms with van der Waals surface area (Å²) in [5.74, 6) is -0.295. The number of benzene rings is 1. The van der Waals surface area contributed by atoms with Crippen LogP contribution in [0.15, 0.2) is 66.2 Å². The SMILES string of the molecule is C=CCNS(=O)(=O)c1ccc(C(=O)NC(C)c2ccccn2)cc1. The lowest BCUT2D eigenvalue weighted by molar-refractivity contribution is 0.0939. The maximum absolute atomic E-state index is 12.2. The van der Waals surface area contributed by atoms with Gasteiger partial charge in [-0.15, -0.1) is 6.58 Å². The molecule has 0 saturated carbocycles. The number of hydrogen-bond acceptors (Lipinski definition) is 4. The number of pyridine rings is 1. The third kappa shape index (κ3) is 4.50. The van der Waals surface area contributed by atoms with Crippen LogP contribution in [0.2, 0.25) is 0 Å². The van der Waals surface area contributed by atoms with Gasteiger partial charge in [0.15, 0.2) is 0 Å². The molecule has 1 aromatic heterocycles. The van der Waals surface area contributed by atoms with Gasteiger partial charge < -0.3 is 5.32 Å². The molecule has 6 nitrogen and oxygen atoms in total. The molecule has 0 bridgehead atoms. The van der Waals surface area contributed by atoms with Crippen LogP contribution in [0.25, 0.3) is 0 Å². The molecule has 1 atom stereocenters. The largest absolute Gasteiger partial charge is 0.344 e. The minimum atomic E-state index is -3.59. The Kier molecular flexibility index (Phi) is 5.83. The Morgan fingerprint density at radius 2 is 1.96 bits per heavy atom. The van der Waals surface area contributed by atoms with Crippen molar-refractivity contribution in [3.63, 3.8) is 0 Å². The Bertz CT molecular complexity index is 803. The fourth-order valence-corrected chi connectivity index (χ4v) is 3.02. The second kappa shape index (κ2) is 7.85. The summed E-state index contributed by atoms with van der Waals surface area (Å²) >= 11 is 0. The Morgan fingerprint density at radius 3 is 2.54 bits per heavy atom. The summed E-state index contributed by atoms with van der Waals surface area (Å²) in [5, 5.41) is 2.83. The van der Waals surface area contributed by atoms with Crippen LogP contribution in [0.1, 0.15) is 29.0 Å². The molecule has 0 aliphatic rings. The molecule has 0 fully saturated rings. The maximum Gasteiger partial charge on any atom is 0.251 e. The Labute approximate surface area is 141 Å². The van der Waals surface area contributed by atoms with Gasteiger partial charge in [0.25, 0.3) is 5.91 Å². The molecular formula is C17H19N3O3S. The van der Waals surface area contributed by atoms with Crippen LogP contribution in [0.5, 0.6) is 0 Å². The van der Waals surface area contributed by atoms with Crippen LogP contribution in [0.3, 0.4) is 0 Å². The molecule has 0 radical (unpaired) electrons. The number of sulfonamides is 1. The van der Waals surface area contributed by atoms with Crippen molar-refractivity contribution in [1.29, 1.82) is 0 Å². The highest BCUT2D eigenvalue weighted by Crippen LogP contribution is 2.13. The van der Waals surface area contributed by atoms with E-state index in [-0.39, 0.29) is 23.4 Å². The minimum absolute atomic E-state index is 0.0960. The molecule has 1 amide bonds. The summed E-state index contributed by atoms with van der Waals surface area (Å²) in [7, 11) is -3.59. The van der Waals surface area contributed by atoms with Gasteiger partial charge in [0.1, 0.15) is 0 Å². The monoisotopic (exact) mass is 345 g/mol. The third-order valence-electron chi connectivity index (χ3n) is 3.32. The standard InChI is InChI=1S/C17H19N3O3S/c1-3-11-19-24(22,23)15-9-7-14(8-10-15)17(21)20-13(2)16-6-4-5-12-18-16/h3-10,12-13,19H,1,11H2,2H3,(H,20,21). The first kappa shape index (κ1) is 17.8. The van der Waals surface area contributed by atoms with Gasteiger partial charge in [0, 0.05) is 18.3 Å². The lowest BCUT2D eigenvalue weighted by Gasteiger charge is -2.13. The molecule has 2 N–H and O–H groups in total. The van der Waals surface area contributed by atoms with Crippen molar-refractivity contribution in [1.82, 2.24) is 15.0 Å². The first-order valence-electron chi connectivity index (χ1n) is 7.36. The number of carbonyl (C=O) groups is 1. The van der Waals surface area contributed by atoms with Gasteiger partial charge in [-0.3, -0.25) is 9.78 Å². The first-order chi connectivity index (χ1) is 11.4. The van der Waals surface area contributed by atoms with E-state index in [2.05, 4.69) is 21.6 Å². The summed E-state index contributed by atoms with van der Waals surface area (Å²) in [4.78, 5) is 16.5. The molecule has 7 heteroatoms. The maximum atomic E-state index is 12.2. The fraction of sp³-hybridized carbons (Fsp3) is 0.176. The van der Waals surface area contributed by atoms with Gasteiger partial charge in [0.05, 0.1) is 16.6 Å². The van der Waals surface area contributed by atoms with Crippen molar-refractivity contribution in [3.8, 4) is 0 Å². The number of hydrogen-bond donors (Lipinski definition) is 2. The molecule has 2 rings (SSSR count). The lowest BCUT2D eigenvalue weighted by Crippen LogP contribution is -2.27. The van der Waals surface area contributed by atoms with Crippen LogP contribution < -0.4 is 10.0 Å². The molecule has 24 heavy (non-hydrogen) atoms. The van der Waals surface area contributed by atoms with E-state index in [0.717, 1.165) is 5.69 Å². The molecule has 0 aliphatic heterocycles. The molecule has 1 unspecified atom stereocenters. The summed E-state index contributed by atoms with van der Waals surface area (Å²) in [6.45, 7) is 5.44. The number of carbonyl (C=O) groups excluding carboxylic acids is 1. The predicted octanol–water partition coefficient (Wildman–Crippen LogP) is 2.04. The van der Waals surface area contributed by atoms with Crippen molar-refractivity contribution in [3.05, 3.63) is 72.6 Å². The van der Waals surface area contributed by atoms with E-state index in [0.29, 0.717) is 5.56 Å². The lowest BCUT2D eigenvalue weighted by atomic mass is 10.1. The van der Waals surface area contributed by atoms with Crippen LogP contribution in [0.4, 0.5) is 0 Å². The fourth-order valence-electron chi connectivity index (χ4n) is 2.02. The van der Waals surface area contributed by atoms with Gasteiger partial charge in [-0.25, -0.2) is 13.1 Å². The quantitative estimate of drug-likeness (QED) is 0.752. The highest BCUT2D eigenvalue weighted by Gasteiger charge is 2.15. The first-order valence-corrected chi connectivity index (χ1v) is 8.85. The molecule has 0 saturated heterocycles. The van der Waals surface area contributed by atoms with E-state index in [1.54, 1.807) is 12.3 Å². The second-order valence-corrected chi connectivity index (χ2v) is 6.88. The van der Waals surface area contributed by atoms with E-state index in [4.69, 9.17) is 0 Å². The number of rotatable bonds is 7. The smallest absolute Gasteiger partial charge is 0.251 e. The van der Waals surface area contributed by atoms with Crippen LogP contribution in [-0.4, -0.2) is 25.9 Å². The van der Waals surface area contributed by atoms with Crippen LogP contribution in [0, 0.1) is 0 Å². The van der Waals surface area contributed by atoms with Gasteiger partial charge in [-0.2, -0.15) is 0 Å². The van der Waals surface area contributed by atoms with Crippen molar-refractivity contribution < 1.29 is 13.2 Å². The van der Waals surface area contributed by atoms with Crippen molar-refractivity contribution >= 4 is 15.9 Å². The Hall–Kier alpha value is -2.51. The topological polar surface area (TPSA) is 88.2 Å². The van der Waals surface area contributed by atoms with Crippen LogP contribution >= 0.6 is 0 Å². The summed E-state index contributed by atoms with van der Waals surface area (Å²) in [6.07, 6.45) is 3.12. The van der Waals surface area contributed by atoms with E-state index in [1.807, 2.05) is 19.1 Å². The summed E-state index contributed by atoms with van der Waals surface area (Å²) < 4.78 is 26.3. The van der Waals surface area contributed by atoms with E-state index in [9.17, 15) is 13.2 Å². The van der Waals surface area contributed by atoms with Gasteiger partial charge in [-0.1, -0.05) is 12.1 Å². The van der Waals surface area contributed by atoms with Crippen molar-refractivity contribution in [2.24, 2.45) is 0 Å². The van der Waals surface area contributed by atoms with E-state index < -0.39 is 10.0 Å². The highest BCUT2D eigenvalue weighted by atomic mass is 32.2. The van der Waals surface area contributed by atoms with E-state index >= 15 is 0 Å². The summed E-state index contributed by atoms with van der Waals surface area (Å²) in [5.41, 5.74) is 1.12. The molecule has 1 aromatic carbocycles. The molecule has 0 spiro atoms. The number of nitrogens with zero attached hydrogens (tertiary/aromatic N) is 1. The van der Waals surface area contributed by atoms with Gasteiger partial charge in [-0.05, 0) is 43.3 Å². The second-order valence-electron chi connectivity index (χ2n) is 5.11. The zero-order valence-electron chi connectivity index (χ0n) is 13.3. The molecule has 2 aromatic rings. The van der Waals surface area contributed by atoms with Crippen molar-refractivity contribution in [2.75, 3.05) is 6.54 Å². The number of aromatic nitrogens is 1. The van der Waals surface area contributed by atoms with Gasteiger partial charge >= 0.3 is 0 Å². The van der Waals surface area contributed by atoms with Crippen molar-refractivity contribution in [2.45, 2.75) is 17.9 Å². The summed E-state index contributed by atoms with van der Waals surface area (Å²) in [6, 6.07) is 11.0. The van der Waals surface area contributed by atoms with E-state index in [1.165, 1.54) is 30.3 Å². The molecular weight excluding hydrogens is 326 g/mol. The number of amides is 1. The normalized spacial score (nSPS) is 12.4. The Balaban J connectivity index is 2.07. The number of nitrogens with one attached hydrogen (secondary N) is 2. The van der Waals surface area contributed by atoms with Crippen LogP contribution in [-0.2, 0) is 10.0 Å². The average Bonchev–Trinajstić information content (AvgIpc) is 2.60. The highest BCUT2D eigenvalue weighted by molar-refractivity contribution is 7.89. The Morgan fingerprint density at radius 1 is 1.25 bits per heavy atom. The predicted molar refractivity (Wildman–Crippen MR) is 91.9 cm³/mol. The molecule has 0 aliphatic carbocycles. The zero-order valence-corrected chi connectivity index (χ0v) is 14.1. The minimum Gasteiger partial charge on any atom is -0.344 e. The zero-order chi connectivity index (χ0) is 17.6. The van der Waals surface area contributed by atoms with Gasteiger partial charge in [0.2, 0.25) is 10.0 Å². The average molecular weight is 345 g/mol. The molecule has 126 valence electrons. The third-order valence-corrected chi connectivity index (χ3v) is 4.76. The molecule has 1 heterocycles.